The monoisotopic (exact) mass is 464 g/mol. The van der Waals surface area contributed by atoms with E-state index in [2.05, 4.69) is 15.5 Å². The Morgan fingerprint density at radius 2 is 1.82 bits per heavy atom. The number of esters is 1. The number of carbonyl (C=O) groups is 3. The molecule has 34 heavy (non-hydrogen) atoms. The molecular weight excluding hydrogens is 432 g/mol. The Labute approximate surface area is 200 Å². The molecule has 8 heteroatoms. The van der Waals surface area contributed by atoms with Crippen LogP contribution in [0.1, 0.15) is 35.7 Å². The number of carbonyl (C=O) groups excluding carboxylic acids is 3. The van der Waals surface area contributed by atoms with Crippen LogP contribution in [0.25, 0.3) is 5.57 Å². The van der Waals surface area contributed by atoms with Gasteiger partial charge in [0.2, 0.25) is 5.91 Å². The molecular formula is C26H32N4O4. The van der Waals surface area contributed by atoms with Crippen LogP contribution < -0.4 is 15.5 Å². The first-order valence-electron chi connectivity index (χ1n) is 11.3. The molecule has 0 bridgehead atoms. The minimum Gasteiger partial charge on any atom is -0.465 e. The first kappa shape index (κ1) is 25.0. The van der Waals surface area contributed by atoms with E-state index in [1.807, 2.05) is 44.4 Å². The molecule has 1 heterocycles. The van der Waals surface area contributed by atoms with Crippen LogP contribution >= 0.6 is 0 Å². The van der Waals surface area contributed by atoms with Crippen molar-refractivity contribution in [3.05, 3.63) is 59.7 Å². The normalized spacial score (nSPS) is 13.6. The molecule has 0 aromatic heterocycles. The molecule has 3 rings (SSSR count). The van der Waals surface area contributed by atoms with Gasteiger partial charge in [-0.2, -0.15) is 0 Å². The highest BCUT2D eigenvalue weighted by atomic mass is 16.5. The second-order valence-electron chi connectivity index (χ2n) is 8.41. The van der Waals surface area contributed by atoms with Gasteiger partial charge in [0, 0.05) is 48.2 Å². The highest BCUT2D eigenvalue weighted by Gasteiger charge is 2.24. The lowest BCUT2D eigenvalue weighted by atomic mass is 10.0. The SMILES string of the molecule is COC(=O)c1ccc2c(c1)NC(=O)/C2=C\CCNc1ccc(N(CCCN(C)C)C(C)=O)cc1. The summed E-state index contributed by atoms with van der Waals surface area (Å²) in [6.07, 6.45) is 3.44. The largest absolute Gasteiger partial charge is 0.465 e. The molecule has 0 saturated carbocycles. The van der Waals surface area contributed by atoms with Crippen LogP contribution in [0.3, 0.4) is 0 Å². The lowest BCUT2D eigenvalue weighted by Crippen LogP contribution is -2.31. The zero-order chi connectivity index (χ0) is 24.7. The molecule has 0 fully saturated rings. The average molecular weight is 465 g/mol. The Hall–Kier alpha value is -3.65. The van der Waals surface area contributed by atoms with Crippen LogP contribution in [0.5, 0.6) is 0 Å². The minimum atomic E-state index is -0.440. The zero-order valence-corrected chi connectivity index (χ0v) is 20.2. The Bertz CT molecular complexity index is 1080. The van der Waals surface area contributed by atoms with Crippen molar-refractivity contribution in [2.75, 3.05) is 56.4 Å². The van der Waals surface area contributed by atoms with Gasteiger partial charge in [0.25, 0.3) is 5.91 Å². The van der Waals surface area contributed by atoms with Crippen molar-refractivity contribution in [2.45, 2.75) is 19.8 Å². The highest BCUT2D eigenvalue weighted by molar-refractivity contribution is 6.31. The van der Waals surface area contributed by atoms with Crippen molar-refractivity contribution in [3.8, 4) is 0 Å². The molecule has 0 saturated heterocycles. The van der Waals surface area contributed by atoms with Crippen molar-refractivity contribution in [3.63, 3.8) is 0 Å². The van der Waals surface area contributed by atoms with Crippen LogP contribution in [-0.4, -0.2) is 63.5 Å². The van der Waals surface area contributed by atoms with E-state index in [1.165, 1.54) is 7.11 Å². The predicted molar refractivity (Wildman–Crippen MR) is 135 cm³/mol. The van der Waals surface area contributed by atoms with Crippen molar-refractivity contribution in [1.29, 1.82) is 0 Å². The summed E-state index contributed by atoms with van der Waals surface area (Å²) in [5, 5.41) is 6.15. The number of methoxy groups -OCH3 is 1. The fourth-order valence-corrected chi connectivity index (χ4v) is 3.85. The van der Waals surface area contributed by atoms with Crippen LogP contribution in [-0.2, 0) is 14.3 Å². The quantitative estimate of drug-likeness (QED) is 0.317. The van der Waals surface area contributed by atoms with Crippen molar-refractivity contribution in [2.24, 2.45) is 0 Å². The molecule has 2 aromatic carbocycles. The van der Waals surface area contributed by atoms with E-state index in [-0.39, 0.29) is 11.8 Å². The molecule has 2 amide bonds. The molecule has 180 valence electrons. The van der Waals surface area contributed by atoms with Gasteiger partial charge in [-0.1, -0.05) is 12.1 Å². The second kappa shape index (κ2) is 11.5. The van der Waals surface area contributed by atoms with Gasteiger partial charge in [0.05, 0.1) is 12.7 Å². The smallest absolute Gasteiger partial charge is 0.337 e. The summed E-state index contributed by atoms with van der Waals surface area (Å²) in [5.41, 5.74) is 4.21. The lowest BCUT2D eigenvalue weighted by Gasteiger charge is -2.22. The maximum atomic E-state index is 12.4. The summed E-state index contributed by atoms with van der Waals surface area (Å²) in [7, 11) is 5.37. The summed E-state index contributed by atoms with van der Waals surface area (Å²) in [6.45, 7) is 3.83. The van der Waals surface area contributed by atoms with E-state index < -0.39 is 5.97 Å². The van der Waals surface area contributed by atoms with E-state index in [9.17, 15) is 14.4 Å². The molecule has 0 spiro atoms. The maximum absolute atomic E-state index is 12.4. The molecule has 0 aliphatic carbocycles. The fraction of sp³-hybridized carbons (Fsp3) is 0.346. The van der Waals surface area contributed by atoms with Crippen molar-refractivity contribution in [1.82, 2.24) is 4.90 Å². The zero-order valence-electron chi connectivity index (χ0n) is 20.2. The number of amides is 2. The summed E-state index contributed by atoms with van der Waals surface area (Å²) in [5.74, 6) is -0.593. The van der Waals surface area contributed by atoms with Gasteiger partial charge < -0.3 is 25.2 Å². The second-order valence-corrected chi connectivity index (χ2v) is 8.41. The van der Waals surface area contributed by atoms with E-state index in [4.69, 9.17) is 4.74 Å². The van der Waals surface area contributed by atoms with Gasteiger partial charge in [0.15, 0.2) is 0 Å². The minimum absolute atomic E-state index is 0.0277. The summed E-state index contributed by atoms with van der Waals surface area (Å²) in [6, 6.07) is 12.8. The first-order valence-corrected chi connectivity index (χ1v) is 11.3. The number of benzene rings is 2. The molecule has 1 aliphatic heterocycles. The van der Waals surface area contributed by atoms with Crippen LogP contribution in [0.15, 0.2) is 48.5 Å². The summed E-state index contributed by atoms with van der Waals surface area (Å²) >= 11 is 0. The molecule has 8 nitrogen and oxygen atoms in total. The topological polar surface area (TPSA) is 91.0 Å². The van der Waals surface area contributed by atoms with Gasteiger partial charge >= 0.3 is 5.97 Å². The van der Waals surface area contributed by atoms with E-state index in [1.54, 1.807) is 30.0 Å². The summed E-state index contributed by atoms with van der Waals surface area (Å²) in [4.78, 5) is 40.0. The number of fused-ring (bicyclic) bond motifs is 1. The third kappa shape index (κ3) is 6.23. The number of nitrogens with zero attached hydrogens (tertiary/aromatic N) is 2. The highest BCUT2D eigenvalue weighted by Crippen LogP contribution is 2.33. The van der Waals surface area contributed by atoms with Crippen molar-refractivity contribution < 1.29 is 19.1 Å². The number of ether oxygens (including phenoxy) is 1. The Kier molecular flexibility index (Phi) is 8.43. The van der Waals surface area contributed by atoms with Gasteiger partial charge in [-0.15, -0.1) is 0 Å². The average Bonchev–Trinajstić information content (AvgIpc) is 3.13. The van der Waals surface area contributed by atoms with E-state index in [0.29, 0.717) is 36.3 Å². The Balaban J connectivity index is 1.56. The standard InChI is InChI=1S/C26H32N4O4/c1-18(31)30(16-6-15-29(2)3)21-11-9-20(10-12-21)27-14-5-7-23-22-13-8-19(26(33)34-4)17-24(22)28-25(23)32/h7-13,17,27H,5-6,14-16H2,1-4H3,(H,28,32)/b23-7-. The maximum Gasteiger partial charge on any atom is 0.337 e. The van der Waals surface area contributed by atoms with E-state index >= 15 is 0 Å². The molecule has 1 aliphatic rings. The molecule has 2 N–H and O–H groups in total. The van der Waals surface area contributed by atoms with Gasteiger partial charge in [-0.05, 0) is 69.9 Å². The fourth-order valence-electron chi connectivity index (χ4n) is 3.85. The van der Waals surface area contributed by atoms with Gasteiger partial charge in [-0.3, -0.25) is 9.59 Å². The van der Waals surface area contributed by atoms with Crippen LogP contribution in [0.2, 0.25) is 0 Å². The van der Waals surface area contributed by atoms with Gasteiger partial charge in [0.1, 0.15) is 0 Å². The van der Waals surface area contributed by atoms with Crippen LogP contribution in [0.4, 0.5) is 17.1 Å². The number of nitrogens with one attached hydrogen (secondary N) is 2. The number of anilines is 3. The molecule has 0 radical (unpaired) electrons. The molecule has 0 atom stereocenters. The predicted octanol–water partition coefficient (Wildman–Crippen LogP) is 3.62. The molecule has 2 aromatic rings. The van der Waals surface area contributed by atoms with E-state index in [0.717, 1.165) is 29.9 Å². The summed E-state index contributed by atoms with van der Waals surface area (Å²) < 4.78 is 4.73. The third-order valence-corrected chi connectivity index (χ3v) is 5.59. The lowest BCUT2D eigenvalue weighted by molar-refractivity contribution is -0.116. The third-order valence-electron chi connectivity index (χ3n) is 5.59. The Morgan fingerprint density at radius 3 is 2.47 bits per heavy atom. The van der Waals surface area contributed by atoms with Crippen molar-refractivity contribution >= 4 is 40.4 Å². The van der Waals surface area contributed by atoms with Crippen LogP contribution in [0, 0.1) is 0 Å². The Morgan fingerprint density at radius 1 is 1.09 bits per heavy atom. The molecule has 0 unspecified atom stereocenters. The number of hydrogen-bond donors (Lipinski definition) is 2. The number of hydrogen-bond acceptors (Lipinski definition) is 6. The number of rotatable bonds is 10. The first-order chi connectivity index (χ1) is 16.3. The van der Waals surface area contributed by atoms with Gasteiger partial charge in [-0.25, -0.2) is 4.79 Å².